The van der Waals surface area contributed by atoms with Gasteiger partial charge in [0.25, 0.3) is 0 Å². The molecule has 0 N–H and O–H groups in total. The number of likely N-dealkylation sites (N-methyl/N-ethyl adjacent to an activating group) is 1. The van der Waals surface area contributed by atoms with Crippen molar-refractivity contribution in [1.82, 2.24) is 9.80 Å². The van der Waals surface area contributed by atoms with E-state index in [-0.39, 0.29) is 18.6 Å². The van der Waals surface area contributed by atoms with Crippen LogP contribution in [0.4, 0.5) is 0 Å². The Kier molecular flexibility index (Phi) is 3.80. The van der Waals surface area contributed by atoms with Crippen molar-refractivity contribution in [3.63, 3.8) is 0 Å². The second-order valence-corrected chi connectivity index (χ2v) is 7.90. The molecule has 0 bridgehead atoms. The van der Waals surface area contributed by atoms with Gasteiger partial charge in [0.2, 0.25) is 5.91 Å². The molecule has 0 radical (unpaired) electrons. The molecule has 3 rings (SSSR count). The monoisotopic (exact) mass is 284 g/mol. The lowest BCUT2D eigenvalue weighted by Gasteiger charge is -2.53. The van der Waals surface area contributed by atoms with E-state index in [1.54, 1.807) is 19.0 Å². The Balaban J connectivity index is 1.40. The van der Waals surface area contributed by atoms with Crippen LogP contribution in [0, 0.1) is 0 Å². The summed E-state index contributed by atoms with van der Waals surface area (Å²) in [4.78, 5) is 15.8. The molecule has 2 heterocycles. The van der Waals surface area contributed by atoms with Gasteiger partial charge in [-0.1, -0.05) is 6.42 Å². The van der Waals surface area contributed by atoms with Gasteiger partial charge >= 0.3 is 0 Å². The highest BCUT2D eigenvalue weighted by Gasteiger charge is 2.51. The van der Waals surface area contributed by atoms with Crippen molar-refractivity contribution >= 4 is 17.7 Å². The van der Waals surface area contributed by atoms with E-state index in [0.29, 0.717) is 4.75 Å². The molecular formula is C14H24N2O2S. The molecule has 108 valence electrons. The molecule has 4 nitrogen and oxygen atoms in total. The molecule has 1 atom stereocenters. The van der Waals surface area contributed by atoms with Crippen molar-refractivity contribution < 1.29 is 9.53 Å². The second-order valence-electron chi connectivity index (χ2n) is 6.41. The molecule has 2 saturated heterocycles. The molecule has 19 heavy (non-hydrogen) atoms. The van der Waals surface area contributed by atoms with Crippen LogP contribution in [0.1, 0.15) is 25.7 Å². The number of ether oxygens (including phenoxy) is 1. The molecule has 3 fully saturated rings. The Hall–Kier alpha value is -0.260. The van der Waals surface area contributed by atoms with Crippen LogP contribution in [0.15, 0.2) is 0 Å². The maximum absolute atomic E-state index is 11.5. The molecule has 1 saturated carbocycles. The van der Waals surface area contributed by atoms with E-state index in [2.05, 4.69) is 16.7 Å². The largest absolute Gasteiger partial charge is 0.367 e. The van der Waals surface area contributed by atoms with E-state index in [9.17, 15) is 4.79 Å². The quantitative estimate of drug-likeness (QED) is 0.777. The van der Waals surface area contributed by atoms with Crippen LogP contribution in [-0.2, 0) is 9.53 Å². The van der Waals surface area contributed by atoms with E-state index in [1.165, 1.54) is 32.4 Å². The van der Waals surface area contributed by atoms with Gasteiger partial charge in [0.1, 0.15) is 6.61 Å². The first kappa shape index (κ1) is 13.7. The molecule has 0 aromatic rings. The topological polar surface area (TPSA) is 32.8 Å². The van der Waals surface area contributed by atoms with E-state index in [4.69, 9.17) is 4.74 Å². The summed E-state index contributed by atoms with van der Waals surface area (Å²) >= 11 is 2.06. The standard InChI is InChI=1S/C14H24N2O2S/c1-15(2)13(17)7-18-12-6-14(19-8-12)9-16(10-14)11-4-3-5-11/h11-12H,3-10H2,1-2H3/t12-/m1/s1. The first-order valence-corrected chi connectivity index (χ1v) is 8.26. The summed E-state index contributed by atoms with van der Waals surface area (Å²) in [6.07, 6.45) is 5.62. The Morgan fingerprint density at radius 2 is 2.16 bits per heavy atom. The first-order valence-electron chi connectivity index (χ1n) is 7.28. The summed E-state index contributed by atoms with van der Waals surface area (Å²) in [6, 6.07) is 0.876. The molecule has 0 aromatic carbocycles. The van der Waals surface area contributed by atoms with Crippen molar-refractivity contribution in [3.05, 3.63) is 0 Å². The van der Waals surface area contributed by atoms with Gasteiger partial charge in [-0.25, -0.2) is 0 Å². The van der Waals surface area contributed by atoms with Crippen LogP contribution in [0.25, 0.3) is 0 Å². The number of thioether (sulfide) groups is 1. The lowest BCUT2D eigenvalue weighted by Crippen LogP contribution is -2.63. The average molecular weight is 284 g/mol. The van der Waals surface area contributed by atoms with E-state index in [1.807, 2.05) is 0 Å². The molecule has 0 aromatic heterocycles. The van der Waals surface area contributed by atoms with Crippen molar-refractivity contribution in [3.8, 4) is 0 Å². The summed E-state index contributed by atoms with van der Waals surface area (Å²) in [6.45, 7) is 2.72. The maximum Gasteiger partial charge on any atom is 0.248 e. The fourth-order valence-electron chi connectivity index (χ4n) is 3.15. The van der Waals surface area contributed by atoms with E-state index < -0.39 is 0 Å². The second kappa shape index (κ2) is 5.26. The minimum atomic E-state index is 0.0654. The number of carbonyl (C=O) groups is 1. The van der Waals surface area contributed by atoms with Gasteiger partial charge in [0.05, 0.1) is 6.10 Å². The summed E-state index contributed by atoms with van der Waals surface area (Å²) < 4.78 is 6.21. The van der Waals surface area contributed by atoms with E-state index in [0.717, 1.165) is 18.2 Å². The number of hydrogen-bond donors (Lipinski definition) is 0. The van der Waals surface area contributed by atoms with Gasteiger partial charge in [-0.2, -0.15) is 0 Å². The van der Waals surface area contributed by atoms with Crippen molar-refractivity contribution in [2.24, 2.45) is 0 Å². The Morgan fingerprint density at radius 1 is 1.42 bits per heavy atom. The predicted molar refractivity (Wildman–Crippen MR) is 77.5 cm³/mol. The zero-order valence-electron chi connectivity index (χ0n) is 11.9. The third kappa shape index (κ3) is 2.78. The molecule has 2 aliphatic heterocycles. The fourth-order valence-corrected chi connectivity index (χ4v) is 4.72. The van der Waals surface area contributed by atoms with Gasteiger partial charge in [-0.15, -0.1) is 11.8 Å². The van der Waals surface area contributed by atoms with Gasteiger partial charge < -0.3 is 9.64 Å². The molecule has 5 heteroatoms. The average Bonchev–Trinajstić information content (AvgIpc) is 2.67. The smallest absolute Gasteiger partial charge is 0.248 e. The van der Waals surface area contributed by atoms with Gasteiger partial charge in [0.15, 0.2) is 0 Å². The zero-order valence-corrected chi connectivity index (χ0v) is 12.7. The van der Waals surface area contributed by atoms with Crippen LogP contribution in [-0.4, -0.2) is 72.1 Å². The molecule has 3 aliphatic rings. The van der Waals surface area contributed by atoms with Crippen LogP contribution in [0.2, 0.25) is 0 Å². The minimum absolute atomic E-state index is 0.0654. The van der Waals surface area contributed by atoms with Crippen molar-refractivity contribution in [1.29, 1.82) is 0 Å². The lowest BCUT2D eigenvalue weighted by molar-refractivity contribution is -0.135. The van der Waals surface area contributed by atoms with Crippen molar-refractivity contribution in [2.75, 3.05) is 39.5 Å². The number of amides is 1. The van der Waals surface area contributed by atoms with Crippen molar-refractivity contribution in [2.45, 2.75) is 42.6 Å². The van der Waals surface area contributed by atoms with Crippen LogP contribution >= 0.6 is 11.8 Å². The molecule has 1 spiro atoms. The number of likely N-dealkylation sites (tertiary alicyclic amines) is 1. The zero-order chi connectivity index (χ0) is 13.5. The Labute approximate surface area is 119 Å². The highest BCUT2D eigenvalue weighted by atomic mass is 32.2. The summed E-state index contributed by atoms with van der Waals surface area (Å²) in [5.74, 6) is 1.12. The predicted octanol–water partition coefficient (Wildman–Crippen LogP) is 1.20. The maximum atomic E-state index is 11.5. The third-order valence-corrected chi connectivity index (χ3v) is 6.27. The Morgan fingerprint density at radius 3 is 2.74 bits per heavy atom. The molecule has 0 unspecified atom stereocenters. The molecule has 1 aliphatic carbocycles. The van der Waals surface area contributed by atoms with Crippen LogP contribution < -0.4 is 0 Å². The minimum Gasteiger partial charge on any atom is -0.367 e. The number of hydrogen-bond acceptors (Lipinski definition) is 4. The number of rotatable bonds is 4. The summed E-state index contributed by atoms with van der Waals surface area (Å²) in [5, 5.41) is 0. The molecule has 1 amide bonds. The highest BCUT2D eigenvalue weighted by Crippen LogP contribution is 2.48. The Bertz CT molecular complexity index is 351. The van der Waals surface area contributed by atoms with Gasteiger partial charge in [-0.3, -0.25) is 9.69 Å². The van der Waals surface area contributed by atoms with Gasteiger partial charge in [0, 0.05) is 43.7 Å². The van der Waals surface area contributed by atoms with Crippen LogP contribution in [0.3, 0.4) is 0 Å². The van der Waals surface area contributed by atoms with Gasteiger partial charge in [-0.05, 0) is 19.3 Å². The highest BCUT2D eigenvalue weighted by molar-refractivity contribution is 8.01. The number of nitrogens with zero attached hydrogens (tertiary/aromatic N) is 2. The summed E-state index contributed by atoms with van der Waals surface area (Å²) in [7, 11) is 3.55. The first-order chi connectivity index (χ1) is 9.08. The number of carbonyl (C=O) groups excluding carboxylic acids is 1. The summed E-state index contributed by atoms with van der Waals surface area (Å²) in [5.41, 5.74) is 0. The molecular weight excluding hydrogens is 260 g/mol. The fraction of sp³-hybridized carbons (Fsp3) is 0.929. The SMILES string of the molecule is CN(C)C(=O)CO[C@H]1CSC2(C1)CN(C1CCC1)C2. The third-order valence-electron chi connectivity index (χ3n) is 4.69. The van der Waals surface area contributed by atoms with Crippen LogP contribution in [0.5, 0.6) is 0 Å². The normalized spacial score (nSPS) is 30.1. The lowest BCUT2D eigenvalue weighted by atomic mass is 9.84. The van der Waals surface area contributed by atoms with E-state index >= 15 is 0 Å².